The van der Waals surface area contributed by atoms with Gasteiger partial charge in [0.15, 0.2) is 0 Å². The van der Waals surface area contributed by atoms with Crippen LogP contribution in [0, 0.1) is 17.3 Å². The summed E-state index contributed by atoms with van der Waals surface area (Å²) in [4.78, 5) is 2.69. The molecule has 4 atom stereocenters. The molecular formula is C13H24N2. The molecule has 2 bridgehead atoms. The molecule has 3 fully saturated rings. The topological polar surface area (TPSA) is 15.3 Å². The Hall–Kier alpha value is -0.0800. The Balaban J connectivity index is 1.85. The molecule has 0 saturated carbocycles. The number of rotatable bonds is 1. The first-order valence-electron chi connectivity index (χ1n) is 6.78. The Bertz CT molecular complexity index is 235. The Kier molecular flexibility index (Phi) is 2.52. The highest BCUT2D eigenvalue weighted by atomic mass is 15.2. The van der Waals surface area contributed by atoms with Crippen molar-refractivity contribution in [2.24, 2.45) is 17.3 Å². The minimum atomic E-state index is 0.729. The van der Waals surface area contributed by atoms with Crippen LogP contribution >= 0.6 is 0 Å². The fourth-order valence-electron chi connectivity index (χ4n) is 4.50. The van der Waals surface area contributed by atoms with Gasteiger partial charge in [-0.1, -0.05) is 13.3 Å². The summed E-state index contributed by atoms with van der Waals surface area (Å²) < 4.78 is 0. The zero-order valence-corrected chi connectivity index (χ0v) is 9.97. The summed E-state index contributed by atoms with van der Waals surface area (Å²) in [6.45, 7) is 9.13. The molecule has 0 radical (unpaired) electrons. The zero-order chi connectivity index (χ0) is 10.3. The number of fused-ring (bicyclic) bond motifs is 3. The molecule has 2 nitrogen and oxygen atoms in total. The van der Waals surface area contributed by atoms with E-state index >= 15 is 0 Å². The van der Waals surface area contributed by atoms with Gasteiger partial charge in [0.25, 0.3) is 0 Å². The normalized spacial score (nSPS) is 49.8. The quantitative estimate of drug-likeness (QED) is 0.706. The molecule has 0 aromatic carbocycles. The van der Waals surface area contributed by atoms with Crippen LogP contribution in [0.3, 0.4) is 0 Å². The molecule has 0 aromatic rings. The van der Waals surface area contributed by atoms with Crippen LogP contribution in [0.15, 0.2) is 0 Å². The van der Waals surface area contributed by atoms with Crippen LogP contribution in [0.4, 0.5) is 0 Å². The van der Waals surface area contributed by atoms with Gasteiger partial charge in [-0.05, 0) is 62.7 Å². The maximum absolute atomic E-state index is 3.60. The second-order valence-electron chi connectivity index (χ2n) is 5.83. The molecule has 3 aliphatic heterocycles. The van der Waals surface area contributed by atoms with Crippen LogP contribution in [0.1, 0.15) is 32.6 Å². The van der Waals surface area contributed by atoms with E-state index in [1.165, 1.54) is 58.4 Å². The van der Waals surface area contributed by atoms with Crippen LogP contribution in [0.5, 0.6) is 0 Å². The lowest BCUT2D eigenvalue weighted by atomic mass is 9.59. The Morgan fingerprint density at radius 3 is 3.13 bits per heavy atom. The van der Waals surface area contributed by atoms with E-state index in [0.717, 1.165) is 17.3 Å². The van der Waals surface area contributed by atoms with E-state index in [1.54, 1.807) is 0 Å². The van der Waals surface area contributed by atoms with Crippen molar-refractivity contribution in [3.8, 4) is 0 Å². The number of nitrogens with zero attached hydrogens (tertiary/aromatic N) is 1. The third kappa shape index (κ3) is 1.45. The number of hydrogen-bond donors (Lipinski definition) is 1. The summed E-state index contributed by atoms with van der Waals surface area (Å²) in [6.07, 6.45) is 5.79. The maximum Gasteiger partial charge on any atom is 0.00156 e. The number of nitrogens with one attached hydrogen (secondary N) is 1. The van der Waals surface area contributed by atoms with Gasteiger partial charge in [0.05, 0.1) is 0 Å². The average Bonchev–Trinajstić information content (AvgIpc) is 2.70. The van der Waals surface area contributed by atoms with Gasteiger partial charge in [-0.3, -0.25) is 0 Å². The van der Waals surface area contributed by atoms with Gasteiger partial charge in [0.2, 0.25) is 0 Å². The van der Waals surface area contributed by atoms with Gasteiger partial charge >= 0.3 is 0 Å². The van der Waals surface area contributed by atoms with E-state index in [9.17, 15) is 0 Å². The first-order chi connectivity index (χ1) is 7.35. The molecule has 1 spiro atoms. The van der Waals surface area contributed by atoms with Crippen molar-refractivity contribution in [3.05, 3.63) is 0 Å². The smallest absolute Gasteiger partial charge is 0.00156 e. The fraction of sp³-hybridized carbons (Fsp3) is 1.00. The number of piperidine rings is 2. The Morgan fingerprint density at radius 1 is 1.33 bits per heavy atom. The van der Waals surface area contributed by atoms with Gasteiger partial charge in [-0.15, -0.1) is 0 Å². The summed E-state index contributed by atoms with van der Waals surface area (Å²) in [5.74, 6) is 1.98. The standard InChI is InChI=1S/C13H24N2/c1-2-11-9-14-6-4-13(11)5-8-15-7-3-12(13)10-15/h11-12,14H,2-10H2,1H3. The lowest BCUT2D eigenvalue weighted by molar-refractivity contribution is -0.00257. The molecule has 3 saturated heterocycles. The van der Waals surface area contributed by atoms with Crippen LogP contribution in [-0.2, 0) is 0 Å². The van der Waals surface area contributed by atoms with Gasteiger partial charge in [-0.25, -0.2) is 0 Å². The SMILES string of the molecule is CCC1CNCCC12CCN1CCC2C1. The summed E-state index contributed by atoms with van der Waals surface area (Å²) >= 11 is 0. The molecule has 4 unspecified atom stereocenters. The predicted molar refractivity (Wildman–Crippen MR) is 62.9 cm³/mol. The molecule has 15 heavy (non-hydrogen) atoms. The van der Waals surface area contributed by atoms with Gasteiger partial charge < -0.3 is 10.2 Å². The van der Waals surface area contributed by atoms with Crippen LogP contribution in [0.2, 0.25) is 0 Å². The van der Waals surface area contributed by atoms with E-state index in [0.29, 0.717) is 0 Å². The lowest BCUT2D eigenvalue weighted by Gasteiger charge is -2.51. The van der Waals surface area contributed by atoms with Crippen LogP contribution in [0.25, 0.3) is 0 Å². The summed E-state index contributed by atoms with van der Waals surface area (Å²) in [7, 11) is 0. The minimum absolute atomic E-state index is 0.729. The van der Waals surface area contributed by atoms with Crippen molar-refractivity contribution in [3.63, 3.8) is 0 Å². The molecule has 0 aliphatic carbocycles. The van der Waals surface area contributed by atoms with E-state index < -0.39 is 0 Å². The average molecular weight is 208 g/mol. The molecule has 2 heteroatoms. The summed E-state index contributed by atoms with van der Waals surface area (Å²) in [5.41, 5.74) is 0.729. The fourth-order valence-corrected chi connectivity index (χ4v) is 4.50. The van der Waals surface area contributed by atoms with Crippen molar-refractivity contribution >= 4 is 0 Å². The predicted octanol–water partition coefficient (Wildman–Crippen LogP) is 1.72. The van der Waals surface area contributed by atoms with Crippen LogP contribution in [-0.4, -0.2) is 37.6 Å². The first-order valence-corrected chi connectivity index (χ1v) is 6.78. The molecule has 86 valence electrons. The van der Waals surface area contributed by atoms with Gasteiger partial charge in [0, 0.05) is 6.54 Å². The largest absolute Gasteiger partial charge is 0.316 e. The monoisotopic (exact) mass is 208 g/mol. The molecule has 3 aliphatic rings. The van der Waals surface area contributed by atoms with Crippen LogP contribution < -0.4 is 5.32 Å². The van der Waals surface area contributed by atoms with Crippen molar-refractivity contribution in [2.75, 3.05) is 32.7 Å². The lowest BCUT2D eigenvalue weighted by Crippen LogP contribution is -2.53. The maximum atomic E-state index is 3.60. The summed E-state index contributed by atoms with van der Waals surface area (Å²) in [6, 6.07) is 0. The molecule has 3 rings (SSSR count). The van der Waals surface area contributed by atoms with Crippen molar-refractivity contribution in [1.82, 2.24) is 10.2 Å². The summed E-state index contributed by atoms with van der Waals surface area (Å²) in [5, 5.41) is 3.60. The van der Waals surface area contributed by atoms with Crippen molar-refractivity contribution in [1.29, 1.82) is 0 Å². The minimum Gasteiger partial charge on any atom is -0.316 e. The second-order valence-corrected chi connectivity index (χ2v) is 5.83. The Labute approximate surface area is 93.4 Å². The molecule has 1 N–H and O–H groups in total. The van der Waals surface area contributed by atoms with Crippen molar-refractivity contribution in [2.45, 2.75) is 32.6 Å². The third-order valence-electron chi connectivity index (χ3n) is 5.44. The number of hydrogen-bond acceptors (Lipinski definition) is 2. The highest BCUT2D eigenvalue weighted by Crippen LogP contribution is 2.51. The van der Waals surface area contributed by atoms with Gasteiger partial charge in [-0.2, -0.15) is 0 Å². The van der Waals surface area contributed by atoms with E-state index in [-0.39, 0.29) is 0 Å². The highest BCUT2D eigenvalue weighted by molar-refractivity contribution is 5.02. The van der Waals surface area contributed by atoms with Gasteiger partial charge in [0.1, 0.15) is 0 Å². The van der Waals surface area contributed by atoms with E-state index in [4.69, 9.17) is 0 Å². The van der Waals surface area contributed by atoms with Crippen molar-refractivity contribution < 1.29 is 0 Å². The molecule has 3 heterocycles. The molecule has 0 aromatic heterocycles. The third-order valence-corrected chi connectivity index (χ3v) is 5.44. The molecular weight excluding hydrogens is 184 g/mol. The zero-order valence-electron chi connectivity index (χ0n) is 9.97. The first kappa shape index (κ1) is 10.1. The second kappa shape index (κ2) is 3.74. The Morgan fingerprint density at radius 2 is 2.27 bits per heavy atom. The highest BCUT2D eigenvalue weighted by Gasteiger charge is 2.50. The van der Waals surface area contributed by atoms with E-state index in [2.05, 4.69) is 17.1 Å². The molecule has 0 amide bonds. The van der Waals surface area contributed by atoms with E-state index in [1.807, 2.05) is 0 Å².